The standard InChI is InChI=1S/C22H27N7O2S/c1-16(17-8-10-19(11-9-17)18-6-4-3-5-7-18)20-25-21(28-27-20)26-22-23-12-14-29(22)15-13-24-32(2,30)31/h3-11,16,24H,12-15H2,1-2H3,(H2,23,25,26,27,28). The molecular formula is C22H27N7O2S. The maximum atomic E-state index is 11.3. The number of hydrogen-bond acceptors (Lipinski definition) is 7. The quantitative estimate of drug-likeness (QED) is 0.482. The van der Waals surface area contributed by atoms with E-state index in [9.17, 15) is 8.42 Å². The number of nitrogens with zero attached hydrogens (tertiary/aromatic N) is 4. The monoisotopic (exact) mass is 453 g/mol. The number of guanidine groups is 1. The number of rotatable bonds is 8. The molecule has 0 aliphatic carbocycles. The largest absolute Gasteiger partial charge is 0.339 e. The number of hydrogen-bond donors (Lipinski definition) is 3. The molecule has 1 aromatic heterocycles. The van der Waals surface area contributed by atoms with E-state index in [1.165, 1.54) is 11.1 Å². The lowest BCUT2D eigenvalue weighted by Crippen LogP contribution is -2.39. The summed E-state index contributed by atoms with van der Waals surface area (Å²) in [5.41, 5.74) is 3.50. The summed E-state index contributed by atoms with van der Waals surface area (Å²) < 4.78 is 25.0. The minimum absolute atomic E-state index is 0.0449. The van der Waals surface area contributed by atoms with Crippen LogP contribution in [-0.4, -0.2) is 66.9 Å². The Bertz CT molecular complexity index is 1170. The molecule has 0 bridgehead atoms. The second-order valence-corrected chi connectivity index (χ2v) is 9.57. The van der Waals surface area contributed by atoms with Gasteiger partial charge >= 0.3 is 0 Å². The highest BCUT2D eigenvalue weighted by Gasteiger charge is 2.20. The predicted molar refractivity (Wildman–Crippen MR) is 126 cm³/mol. The second-order valence-electron chi connectivity index (χ2n) is 7.74. The van der Waals surface area contributed by atoms with Crippen molar-refractivity contribution in [1.29, 1.82) is 0 Å². The van der Waals surface area contributed by atoms with Crippen LogP contribution in [0.2, 0.25) is 0 Å². The summed E-state index contributed by atoms with van der Waals surface area (Å²) in [5.74, 6) is 1.88. The molecule has 4 rings (SSSR count). The second kappa shape index (κ2) is 9.49. The molecule has 1 aliphatic rings. The SMILES string of the molecule is CC(c1ccc(-c2ccccc2)cc1)c1nc(NC2=NCCN2CCNS(C)(=O)=O)n[nH]1. The topological polar surface area (TPSA) is 115 Å². The fourth-order valence-electron chi connectivity index (χ4n) is 3.56. The Morgan fingerprint density at radius 2 is 1.81 bits per heavy atom. The van der Waals surface area contributed by atoms with Gasteiger partial charge in [-0.15, -0.1) is 5.10 Å². The van der Waals surface area contributed by atoms with Crippen molar-refractivity contribution < 1.29 is 8.42 Å². The molecule has 0 saturated heterocycles. The van der Waals surface area contributed by atoms with Gasteiger partial charge in [0.25, 0.3) is 0 Å². The number of H-pyrrole nitrogens is 1. The van der Waals surface area contributed by atoms with E-state index >= 15 is 0 Å². The third kappa shape index (κ3) is 5.51. The van der Waals surface area contributed by atoms with Gasteiger partial charge in [0.15, 0.2) is 0 Å². The lowest BCUT2D eigenvalue weighted by atomic mass is 9.97. The van der Waals surface area contributed by atoms with Crippen LogP contribution in [0, 0.1) is 0 Å². The molecule has 10 heteroatoms. The Balaban J connectivity index is 1.38. The first-order valence-electron chi connectivity index (χ1n) is 10.5. The summed E-state index contributed by atoms with van der Waals surface area (Å²) in [6, 6.07) is 18.7. The van der Waals surface area contributed by atoms with Crippen LogP contribution in [0.5, 0.6) is 0 Å². The molecule has 1 atom stereocenters. The van der Waals surface area contributed by atoms with Gasteiger partial charge in [-0.3, -0.25) is 15.4 Å². The van der Waals surface area contributed by atoms with E-state index in [1.807, 2.05) is 23.1 Å². The number of nitrogens with one attached hydrogen (secondary N) is 3. The highest BCUT2D eigenvalue weighted by molar-refractivity contribution is 7.88. The fraction of sp³-hybridized carbons (Fsp3) is 0.318. The van der Waals surface area contributed by atoms with Crippen LogP contribution in [0.1, 0.15) is 24.2 Å². The first-order valence-corrected chi connectivity index (χ1v) is 12.4. The number of benzene rings is 2. The number of aromatic amines is 1. The van der Waals surface area contributed by atoms with Gasteiger partial charge in [-0.05, 0) is 16.7 Å². The zero-order valence-electron chi connectivity index (χ0n) is 18.1. The molecule has 0 amide bonds. The summed E-state index contributed by atoms with van der Waals surface area (Å²) in [7, 11) is -3.21. The Hall–Kier alpha value is -3.24. The Labute approximate surface area is 188 Å². The van der Waals surface area contributed by atoms with E-state index in [2.05, 4.69) is 73.5 Å². The van der Waals surface area contributed by atoms with Gasteiger partial charge in [0.2, 0.25) is 21.9 Å². The van der Waals surface area contributed by atoms with Crippen molar-refractivity contribution in [2.24, 2.45) is 4.99 Å². The highest BCUT2D eigenvalue weighted by Crippen LogP contribution is 2.25. The van der Waals surface area contributed by atoms with E-state index in [0.717, 1.165) is 24.2 Å². The summed E-state index contributed by atoms with van der Waals surface area (Å²) in [4.78, 5) is 11.0. The van der Waals surface area contributed by atoms with Crippen LogP contribution < -0.4 is 10.0 Å². The molecule has 0 fully saturated rings. The maximum absolute atomic E-state index is 11.3. The molecule has 9 nitrogen and oxygen atoms in total. The molecule has 0 spiro atoms. The Kier molecular flexibility index (Phi) is 6.52. The summed E-state index contributed by atoms with van der Waals surface area (Å²) in [6.07, 6.45) is 1.15. The summed E-state index contributed by atoms with van der Waals surface area (Å²) in [5, 5.41) is 10.4. The summed E-state index contributed by atoms with van der Waals surface area (Å²) >= 11 is 0. The third-order valence-corrected chi connectivity index (χ3v) is 6.06. The van der Waals surface area contributed by atoms with Gasteiger partial charge in [-0.2, -0.15) is 4.98 Å². The molecule has 3 N–H and O–H groups in total. The predicted octanol–water partition coefficient (Wildman–Crippen LogP) is 2.26. The summed E-state index contributed by atoms with van der Waals surface area (Å²) in [6.45, 7) is 4.27. The van der Waals surface area contributed by atoms with Crippen molar-refractivity contribution in [3.05, 3.63) is 66.0 Å². The number of aromatic nitrogens is 3. The van der Waals surface area contributed by atoms with Crippen molar-refractivity contribution in [2.45, 2.75) is 12.8 Å². The minimum Gasteiger partial charge on any atom is -0.339 e. The van der Waals surface area contributed by atoms with Crippen molar-refractivity contribution in [3.63, 3.8) is 0 Å². The lowest BCUT2D eigenvalue weighted by Gasteiger charge is -2.19. The average molecular weight is 454 g/mol. The molecule has 0 saturated carbocycles. The Morgan fingerprint density at radius 1 is 1.09 bits per heavy atom. The van der Waals surface area contributed by atoms with Crippen molar-refractivity contribution in [1.82, 2.24) is 24.8 Å². The molecule has 32 heavy (non-hydrogen) atoms. The number of aliphatic imine (C=N–C) groups is 1. The molecule has 2 aromatic carbocycles. The first-order chi connectivity index (χ1) is 15.4. The molecule has 1 aliphatic heterocycles. The lowest BCUT2D eigenvalue weighted by molar-refractivity contribution is 0.457. The zero-order chi connectivity index (χ0) is 22.6. The molecule has 168 valence electrons. The van der Waals surface area contributed by atoms with E-state index in [-0.39, 0.29) is 5.92 Å². The van der Waals surface area contributed by atoms with Crippen LogP contribution in [0.25, 0.3) is 11.1 Å². The van der Waals surface area contributed by atoms with Crippen LogP contribution in [0.4, 0.5) is 5.95 Å². The smallest absolute Gasteiger partial charge is 0.248 e. The van der Waals surface area contributed by atoms with E-state index in [1.54, 1.807) is 0 Å². The van der Waals surface area contributed by atoms with Crippen LogP contribution in [0.15, 0.2) is 59.6 Å². The zero-order valence-corrected chi connectivity index (χ0v) is 18.9. The van der Waals surface area contributed by atoms with Crippen LogP contribution in [0.3, 0.4) is 0 Å². The van der Waals surface area contributed by atoms with Crippen LogP contribution >= 0.6 is 0 Å². The first kappa shape index (κ1) is 22.0. The Morgan fingerprint density at radius 3 is 2.53 bits per heavy atom. The van der Waals surface area contributed by atoms with Gasteiger partial charge in [0, 0.05) is 25.6 Å². The van der Waals surface area contributed by atoms with Crippen LogP contribution in [-0.2, 0) is 10.0 Å². The van der Waals surface area contributed by atoms with Gasteiger partial charge in [0.05, 0.1) is 12.8 Å². The third-order valence-electron chi connectivity index (χ3n) is 5.33. The maximum Gasteiger partial charge on any atom is 0.248 e. The molecule has 3 aromatic rings. The van der Waals surface area contributed by atoms with Gasteiger partial charge < -0.3 is 4.90 Å². The molecule has 2 heterocycles. The minimum atomic E-state index is -3.21. The van der Waals surface area contributed by atoms with E-state index in [0.29, 0.717) is 31.5 Å². The van der Waals surface area contributed by atoms with Gasteiger partial charge in [0.1, 0.15) is 5.82 Å². The normalized spacial score (nSPS) is 14.9. The highest BCUT2D eigenvalue weighted by atomic mass is 32.2. The van der Waals surface area contributed by atoms with Gasteiger partial charge in [-0.25, -0.2) is 13.1 Å². The fourth-order valence-corrected chi connectivity index (χ4v) is 4.02. The molecule has 0 radical (unpaired) electrons. The molecule has 1 unspecified atom stereocenters. The van der Waals surface area contributed by atoms with E-state index in [4.69, 9.17) is 0 Å². The molecular weight excluding hydrogens is 426 g/mol. The average Bonchev–Trinajstić information content (AvgIpc) is 3.43. The number of anilines is 1. The number of sulfonamides is 1. The van der Waals surface area contributed by atoms with Crippen molar-refractivity contribution >= 4 is 21.9 Å². The van der Waals surface area contributed by atoms with Gasteiger partial charge in [-0.1, -0.05) is 61.5 Å². The van der Waals surface area contributed by atoms with E-state index < -0.39 is 10.0 Å². The van der Waals surface area contributed by atoms with Crippen molar-refractivity contribution in [2.75, 3.05) is 37.8 Å². The van der Waals surface area contributed by atoms with Crippen molar-refractivity contribution in [3.8, 4) is 11.1 Å².